The van der Waals surface area contributed by atoms with E-state index in [-0.39, 0.29) is 23.8 Å². The summed E-state index contributed by atoms with van der Waals surface area (Å²) in [6.45, 7) is 1.66. The number of hydrogen-bond donors (Lipinski definition) is 2. The highest BCUT2D eigenvalue weighted by Gasteiger charge is 2.16. The Kier molecular flexibility index (Phi) is 8.53. The van der Waals surface area contributed by atoms with E-state index in [2.05, 4.69) is 15.8 Å². The molecular formula is C30H27N3O6. The van der Waals surface area contributed by atoms with Gasteiger partial charge in [-0.3, -0.25) is 9.59 Å². The van der Waals surface area contributed by atoms with Gasteiger partial charge in [0.2, 0.25) is 0 Å². The summed E-state index contributed by atoms with van der Waals surface area (Å²) in [6, 6.07) is 22.7. The van der Waals surface area contributed by atoms with E-state index < -0.39 is 11.9 Å². The molecule has 0 aliphatic carbocycles. The van der Waals surface area contributed by atoms with Gasteiger partial charge < -0.3 is 19.5 Å². The van der Waals surface area contributed by atoms with Crippen molar-refractivity contribution in [3.05, 3.63) is 101 Å². The highest BCUT2D eigenvalue weighted by atomic mass is 16.5. The largest absolute Gasteiger partial charge is 0.493 e. The number of benzene rings is 4. The smallest absolute Gasteiger partial charge is 0.343 e. The Morgan fingerprint density at radius 3 is 2.26 bits per heavy atom. The molecule has 4 rings (SSSR count). The number of carbonyl (C=O) groups excluding carboxylic acids is 3. The number of nitrogens with zero attached hydrogens (tertiary/aromatic N) is 1. The summed E-state index contributed by atoms with van der Waals surface area (Å²) in [7, 11) is 2.99. The van der Waals surface area contributed by atoms with Gasteiger partial charge in [-0.05, 0) is 54.1 Å². The molecule has 0 aliphatic rings. The summed E-state index contributed by atoms with van der Waals surface area (Å²) < 4.78 is 16.2. The monoisotopic (exact) mass is 525 g/mol. The van der Waals surface area contributed by atoms with Crippen LogP contribution in [0.3, 0.4) is 0 Å². The highest BCUT2D eigenvalue weighted by molar-refractivity contribution is 6.04. The number of nitrogens with one attached hydrogen (secondary N) is 2. The number of amides is 2. The summed E-state index contributed by atoms with van der Waals surface area (Å²) >= 11 is 0. The molecule has 9 nitrogen and oxygen atoms in total. The Bertz CT molecular complexity index is 1550. The van der Waals surface area contributed by atoms with E-state index in [1.54, 1.807) is 30.3 Å². The third-order valence-corrected chi connectivity index (χ3v) is 5.86. The minimum atomic E-state index is -0.608. The average Bonchev–Trinajstić information content (AvgIpc) is 2.96. The lowest BCUT2D eigenvalue weighted by Gasteiger charge is -2.12. The maximum atomic E-state index is 13.0. The lowest BCUT2D eigenvalue weighted by atomic mass is 10.0. The van der Waals surface area contributed by atoms with Crippen molar-refractivity contribution in [2.24, 2.45) is 5.10 Å². The lowest BCUT2D eigenvalue weighted by molar-refractivity contribution is -0.120. The molecule has 39 heavy (non-hydrogen) atoms. The molecule has 0 saturated heterocycles. The zero-order valence-electron chi connectivity index (χ0n) is 21.7. The standard InChI is InChI=1S/C30H27N3O6/c1-19-8-10-21(11-9-19)29(35)31-18-28(34)33-32-17-24-23-7-5-4-6-20(23)12-14-25(24)39-30(36)22-13-15-26(37-2)27(16-22)38-3/h4-17H,18H2,1-3H3,(H,31,35)(H,33,34)/b32-17-. The maximum Gasteiger partial charge on any atom is 0.343 e. The van der Waals surface area contributed by atoms with Crippen LogP contribution in [-0.4, -0.2) is 44.8 Å². The van der Waals surface area contributed by atoms with E-state index in [9.17, 15) is 14.4 Å². The summed E-state index contributed by atoms with van der Waals surface area (Å²) in [4.78, 5) is 37.5. The van der Waals surface area contributed by atoms with Crippen LogP contribution in [0.15, 0.2) is 84.0 Å². The molecule has 0 bridgehead atoms. The number of fused-ring (bicyclic) bond motifs is 1. The van der Waals surface area contributed by atoms with Crippen LogP contribution in [0.5, 0.6) is 17.2 Å². The number of esters is 1. The molecule has 0 saturated carbocycles. The number of hydrogen-bond acceptors (Lipinski definition) is 7. The molecule has 0 fully saturated rings. The third-order valence-electron chi connectivity index (χ3n) is 5.86. The Labute approximate surface area is 225 Å². The molecule has 0 spiro atoms. The van der Waals surface area contributed by atoms with E-state index in [0.29, 0.717) is 22.6 Å². The number of hydrazone groups is 1. The number of ether oxygens (including phenoxy) is 3. The summed E-state index contributed by atoms with van der Waals surface area (Å²) in [6.07, 6.45) is 1.40. The van der Waals surface area contributed by atoms with Gasteiger partial charge in [-0.2, -0.15) is 5.10 Å². The number of rotatable bonds is 9. The van der Waals surface area contributed by atoms with Crippen LogP contribution in [-0.2, 0) is 4.79 Å². The van der Waals surface area contributed by atoms with Gasteiger partial charge in [-0.1, -0.05) is 48.0 Å². The van der Waals surface area contributed by atoms with E-state index in [1.807, 2.05) is 49.4 Å². The van der Waals surface area contributed by atoms with Crippen molar-refractivity contribution in [1.29, 1.82) is 0 Å². The Morgan fingerprint density at radius 1 is 0.821 bits per heavy atom. The molecule has 0 aromatic heterocycles. The van der Waals surface area contributed by atoms with Crippen LogP contribution < -0.4 is 25.0 Å². The summed E-state index contributed by atoms with van der Waals surface area (Å²) in [5, 5.41) is 8.25. The predicted octanol–water partition coefficient (Wildman–Crippen LogP) is 4.26. The molecule has 0 atom stereocenters. The molecule has 4 aromatic carbocycles. The highest BCUT2D eigenvalue weighted by Crippen LogP contribution is 2.30. The first-order valence-electron chi connectivity index (χ1n) is 12.0. The van der Waals surface area contributed by atoms with Gasteiger partial charge in [0.15, 0.2) is 11.5 Å². The van der Waals surface area contributed by atoms with Crippen LogP contribution in [0.25, 0.3) is 10.8 Å². The number of aryl methyl sites for hydroxylation is 1. The zero-order chi connectivity index (χ0) is 27.8. The van der Waals surface area contributed by atoms with Gasteiger partial charge in [0.25, 0.3) is 11.8 Å². The topological polar surface area (TPSA) is 115 Å². The van der Waals surface area contributed by atoms with Crippen molar-refractivity contribution in [3.63, 3.8) is 0 Å². The molecule has 0 aliphatic heterocycles. The van der Waals surface area contributed by atoms with Crippen molar-refractivity contribution < 1.29 is 28.6 Å². The lowest BCUT2D eigenvalue weighted by Crippen LogP contribution is -2.34. The predicted molar refractivity (Wildman–Crippen MR) is 148 cm³/mol. The van der Waals surface area contributed by atoms with Gasteiger partial charge in [-0.25, -0.2) is 10.2 Å². The molecule has 198 valence electrons. The first kappa shape index (κ1) is 26.9. The molecule has 4 aromatic rings. The minimum Gasteiger partial charge on any atom is -0.493 e. The van der Waals surface area contributed by atoms with Crippen molar-refractivity contribution in [1.82, 2.24) is 10.7 Å². The summed E-state index contributed by atoms with van der Waals surface area (Å²) in [5.41, 5.74) is 4.63. The van der Waals surface area contributed by atoms with Crippen molar-refractivity contribution >= 4 is 34.8 Å². The Morgan fingerprint density at radius 2 is 1.51 bits per heavy atom. The van der Waals surface area contributed by atoms with Crippen molar-refractivity contribution in [2.45, 2.75) is 6.92 Å². The van der Waals surface area contributed by atoms with Gasteiger partial charge in [-0.15, -0.1) is 0 Å². The third kappa shape index (κ3) is 6.58. The van der Waals surface area contributed by atoms with Crippen molar-refractivity contribution in [2.75, 3.05) is 20.8 Å². The fourth-order valence-corrected chi connectivity index (χ4v) is 3.80. The average molecular weight is 526 g/mol. The van der Waals surface area contributed by atoms with E-state index in [0.717, 1.165) is 16.3 Å². The van der Waals surface area contributed by atoms with E-state index >= 15 is 0 Å². The summed E-state index contributed by atoms with van der Waals surface area (Å²) in [5.74, 6) is -0.367. The molecule has 2 N–H and O–H groups in total. The molecule has 9 heteroatoms. The van der Waals surface area contributed by atoms with Crippen LogP contribution in [0, 0.1) is 6.92 Å². The second-order valence-electron chi connectivity index (χ2n) is 8.50. The Hall–Kier alpha value is -5.18. The quantitative estimate of drug-likeness (QED) is 0.146. The molecule has 0 radical (unpaired) electrons. The first-order valence-corrected chi connectivity index (χ1v) is 12.0. The minimum absolute atomic E-state index is 0.249. The fourth-order valence-electron chi connectivity index (χ4n) is 3.80. The van der Waals surface area contributed by atoms with Gasteiger partial charge in [0.1, 0.15) is 5.75 Å². The van der Waals surface area contributed by atoms with Crippen LogP contribution in [0.4, 0.5) is 0 Å². The second kappa shape index (κ2) is 12.4. The van der Waals surface area contributed by atoms with E-state index in [1.165, 1.54) is 26.5 Å². The van der Waals surface area contributed by atoms with Gasteiger partial charge in [0.05, 0.1) is 32.5 Å². The Balaban J connectivity index is 1.49. The zero-order valence-corrected chi connectivity index (χ0v) is 21.7. The number of carbonyl (C=O) groups is 3. The van der Waals surface area contributed by atoms with Crippen LogP contribution in [0.1, 0.15) is 31.8 Å². The molecular weight excluding hydrogens is 498 g/mol. The molecule has 0 unspecified atom stereocenters. The molecule has 0 heterocycles. The van der Waals surface area contributed by atoms with Crippen LogP contribution >= 0.6 is 0 Å². The van der Waals surface area contributed by atoms with Gasteiger partial charge in [0, 0.05) is 11.1 Å². The van der Waals surface area contributed by atoms with Crippen LogP contribution in [0.2, 0.25) is 0 Å². The maximum absolute atomic E-state index is 13.0. The number of methoxy groups -OCH3 is 2. The molecule has 2 amide bonds. The van der Waals surface area contributed by atoms with Crippen molar-refractivity contribution in [3.8, 4) is 17.2 Å². The SMILES string of the molecule is COc1ccc(C(=O)Oc2ccc3ccccc3c2/C=N\NC(=O)CNC(=O)c2ccc(C)cc2)cc1OC. The first-order chi connectivity index (χ1) is 18.9. The van der Waals surface area contributed by atoms with Gasteiger partial charge >= 0.3 is 5.97 Å². The normalized spacial score (nSPS) is 10.7. The van der Waals surface area contributed by atoms with E-state index in [4.69, 9.17) is 14.2 Å². The second-order valence-corrected chi connectivity index (χ2v) is 8.50. The fraction of sp³-hybridized carbons (Fsp3) is 0.133.